The van der Waals surface area contributed by atoms with Crippen LogP contribution in [0.2, 0.25) is 0 Å². The van der Waals surface area contributed by atoms with Crippen molar-refractivity contribution in [2.45, 2.75) is 107 Å². The van der Waals surface area contributed by atoms with Gasteiger partial charge in [-0.05, 0) is 63.6 Å². The second kappa shape index (κ2) is 27.4. The van der Waals surface area contributed by atoms with Gasteiger partial charge in [0.15, 0.2) is 0 Å². The van der Waals surface area contributed by atoms with Crippen molar-refractivity contribution in [2.24, 2.45) is 17.2 Å². The van der Waals surface area contributed by atoms with Crippen molar-refractivity contribution >= 4 is 59.3 Å². The summed E-state index contributed by atoms with van der Waals surface area (Å²) in [7, 11) is 0. The van der Waals surface area contributed by atoms with E-state index >= 15 is 0 Å². The smallest absolute Gasteiger partial charge is 0.326 e. The maximum atomic E-state index is 13.8. The quantitative estimate of drug-likeness (QED) is 0.0331. The highest BCUT2D eigenvalue weighted by atomic mass is 16.4. The van der Waals surface area contributed by atoms with Crippen LogP contribution in [0.3, 0.4) is 0 Å². The molecule has 0 fully saturated rings. The molecule has 0 bridgehead atoms. The number of hydrogen-bond acceptors (Lipinski definition) is 13. The topological polar surface area (TPSA) is 402 Å². The summed E-state index contributed by atoms with van der Waals surface area (Å²) in [4.78, 5) is 124. The van der Waals surface area contributed by atoms with Crippen molar-refractivity contribution in [1.29, 1.82) is 0 Å². The first-order chi connectivity index (χ1) is 27.9. The molecule has 0 heterocycles. The standard InChI is InChI=1S/C36H55N9O14/c37-14-6-4-10-22(41-27(46)19-40-32(54)25(17-29(49)50)43-31(53)21(39)12-13-28(47)48)33(55)42-23(11-5-7-15-38)34(56)44-24(16-20-8-2-1-3-9-20)35(57)45-26(36(58)59)18-30(51)52/h1-3,8-9,21-26H,4-7,10-19,37-39H2,(H,40,54)(H,41,46)(H,42,55)(H,43,53)(H,44,56)(H,45,57)(H,47,48)(H,49,50)(H,51,52)(H,58,59)/t21-,22-,23-,24-,25-,26-/m0/s1. The fourth-order valence-corrected chi connectivity index (χ4v) is 5.38. The number of nitrogens with one attached hydrogen (secondary N) is 6. The normalized spacial score (nSPS) is 13.8. The third-order valence-electron chi connectivity index (χ3n) is 8.53. The van der Waals surface area contributed by atoms with E-state index in [0.29, 0.717) is 31.2 Å². The number of carboxylic acids is 4. The minimum atomic E-state index is -1.83. The number of carboxylic acid groups (broad SMARTS) is 4. The van der Waals surface area contributed by atoms with E-state index in [1.165, 1.54) is 0 Å². The van der Waals surface area contributed by atoms with Crippen molar-refractivity contribution in [2.75, 3.05) is 19.6 Å². The minimum Gasteiger partial charge on any atom is -0.481 e. The molecule has 0 spiro atoms. The lowest BCUT2D eigenvalue weighted by molar-refractivity contribution is -0.147. The van der Waals surface area contributed by atoms with Gasteiger partial charge in [0, 0.05) is 12.8 Å². The van der Waals surface area contributed by atoms with Crippen LogP contribution >= 0.6 is 0 Å². The van der Waals surface area contributed by atoms with E-state index in [4.69, 9.17) is 27.4 Å². The Kier molecular flexibility index (Phi) is 23.6. The van der Waals surface area contributed by atoms with E-state index in [1.54, 1.807) is 30.3 Å². The largest absolute Gasteiger partial charge is 0.481 e. The Hall–Kier alpha value is -6.20. The zero-order valence-corrected chi connectivity index (χ0v) is 32.4. The minimum absolute atomic E-state index is 0.00138. The summed E-state index contributed by atoms with van der Waals surface area (Å²) in [6.45, 7) is -0.328. The van der Waals surface area contributed by atoms with E-state index in [9.17, 15) is 58.2 Å². The number of aliphatic carboxylic acids is 4. The molecule has 0 aliphatic carbocycles. The van der Waals surface area contributed by atoms with Gasteiger partial charge in [-0.1, -0.05) is 30.3 Å². The second-order valence-corrected chi connectivity index (χ2v) is 13.4. The molecule has 23 nitrogen and oxygen atoms in total. The van der Waals surface area contributed by atoms with Crippen LogP contribution in [-0.4, -0.2) is 136 Å². The molecule has 59 heavy (non-hydrogen) atoms. The first kappa shape index (κ1) is 50.8. The van der Waals surface area contributed by atoms with E-state index in [-0.39, 0.29) is 38.8 Å². The zero-order chi connectivity index (χ0) is 44.5. The van der Waals surface area contributed by atoms with Crippen LogP contribution in [0.15, 0.2) is 30.3 Å². The van der Waals surface area contributed by atoms with Gasteiger partial charge in [0.1, 0.15) is 30.2 Å². The first-order valence-corrected chi connectivity index (χ1v) is 18.7. The van der Waals surface area contributed by atoms with Crippen molar-refractivity contribution in [3.63, 3.8) is 0 Å². The highest BCUT2D eigenvalue weighted by Gasteiger charge is 2.33. The molecule has 0 aliphatic rings. The van der Waals surface area contributed by atoms with Crippen LogP contribution in [0.4, 0.5) is 0 Å². The molecule has 0 saturated heterocycles. The van der Waals surface area contributed by atoms with E-state index in [0.717, 1.165) is 0 Å². The maximum absolute atomic E-state index is 13.8. The summed E-state index contributed by atoms with van der Waals surface area (Å²) in [6.07, 6.45) is -1.30. The predicted molar refractivity (Wildman–Crippen MR) is 206 cm³/mol. The monoisotopic (exact) mass is 837 g/mol. The van der Waals surface area contributed by atoms with Crippen LogP contribution in [0.25, 0.3) is 0 Å². The molecule has 23 heteroatoms. The van der Waals surface area contributed by atoms with Crippen molar-refractivity contribution < 1.29 is 68.4 Å². The summed E-state index contributed by atoms with van der Waals surface area (Å²) in [5.74, 6) is -11.6. The molecule has 1 aromatic rings. The molecule has 1 rings (SSSR count). The Morgan fingerprint density at radius 2 is 1.00 bits per heavy atom. The number of carbonyl (C=O) groups excluding carboxylic acids is 6. The Balaban J connectivity index is 3.22. The fraction of sp³-hybridized carbons (Fsp3) is 0.556. The SMILES string of the molecule is NCCCC[C@H](NC(=O)CNC(=O)[C@H](CC(=O)O)NC(=O)[C@@H](N)CCC(=O)O)C(=O)N[C@@H](CCCCN)C(=O)N[C@@H](Cc1ccccc1)C(=O)N[C@@H](CC(=O)O)C(=O)O. The third-order valence-corrected chi connectivity index (χ3v) is 8.53. The van der Waals surface area contributed by atoms with Gasteiger partial charge in [-0.25, -0.2) is 4.79 Å². The van der Waals surface area contributed by atoms with Crippen LogP contribution in [0.5, 0.6) is 0 Å². The fourth-order valence-electron chi connectivity index (χ4n) is 5.38. The van der Waals surface area contributed by atoms with Crippen LogP contribution < -0.4 is 49.1 Å². The van der Waals surface area contributed by atoms with Gasteiger partial charge in [-0.3, -0.25) is 43.2 Å². The molecule has 6 amide bonds. The Bertz CT molecular complexity index is 1610. The van der Waals surface area contributed by atoms with E-state index < -0.39 is 121 Å². The zero-order valence-electron chi connectivity index (χ0n) is 32.4. The van der Waals surface area contributed by atoms with Crippen LogP contribution in [-0.2, 0) is 54.4 Å². The van der Waals surface area contributed by atoms with E-state index in [2.05, 4.69) is 31.9 Å². The van der Waals surface area contributed by atoms with Gasteiger partial charge in [-0.2, -0.15) is 0 Å². The number of carbonyl (C=O) groups is 10. The molecule has 0 radical (unpaired) electrons. The predicted octanol–water partition coefficient (Wildman–Crippen LogP) is -3.75. The van der Waals surface area contributed by atoms with Gasteiger partial charge in [0.25, 0.3) is 0 Å². The second-order valence-electron chi connectivity index (χ2n) is 13.4. The molecule has 0 unspecified atom stereocenters. The number of nitrogens with two attached hydrogens (primary N) is 3. The van der Waals surface area contributed by atoms with Crippen molar-refractivity contribution in [1.82, 2.24) is 31.9 Å². The average Bonchev–Trinajstić information content (AvgIpc) is 3.17. The molecule has 6 atom stereocenters. The molecule has 0 saturated carbocycles. The molecule has 328 valence electrons. The summed E-state index contributed by atoms with van der Waals surface area (Å²) in [5, 5.41) is 50.6. The Morgan fingerprint density at radius 1 is 0.525 bits per heavy atom. The third kappa shape index (κ3) is 21.2. The van der Waals surface area contributed by atoms with Crippen LogP contribution in [0, 0.1) is 0 Å². The lowest BCUT2D eigenvalue weighted by Gasteiger charge is -2.26. The summed E-state index contributed by atoms with van der Waals surface area (Å²) in [6, 6.07) is -0.699. The molecule has 0 aromatic heterocycles. The molecule has 1 aromatic carbocycles. The number of benzene rings is 1. The number of hydrogen-bond donors (Lipinski definition) is 13. The van der Waals surface area contributed by atoms with Gasteiger partial charge < -0.3 is 69.5 Å². The first-order valence-electron chi connectivity index (χ1n) is 18.7. The molecular weight excluding hydrogens is 782 g/mol. The van der Waals surface area contributed by atoms with Crippen molar-refractivity contribution in [3.8, 4) is 0 Å². The number of unbranched alkanes of at least 4 members (excludes halogenated alkanes) is 2. The lowest BCUT2D eigenvalue weighted by Crippen LogP contribution is -2.58. The molecular formula is C36H55N9O14. The molecule has 16 N–H and O–H groups in total. The van der Waals surface area contributed by atoms with Gasteiger partial charge >= 0.3 is 23.9 Å². The van der Waals surface area contributed by atoms with Crippen molar-refractivity contribution in [3.05, 3.63) is 35.9 Å². The van der Waals surface area contributed by atoms with Crippen LogP contribution in [0.1, 0.15) is 69.8 Å². The van der Waals surface area contributed by atoms with Gasteiger partial charge in [0.05, 0.1) is 25.4 Å². The van der Waals surface area contributed by atoms with Gasteiger partial charge in [0.2, 0.25) is 35.4 Å². The highest BCUT2D eigenvalue weighted by Crippen LogP contribution is 2.09. The summed E-state index contributed by atoms with van der Waals surface area (Å²) >= 11 is 0. The lowest BCUT2D eigenvalue weighted by atomic mass is 10.0. The Labute approximate surface area is 338 Å². The van der Waals surface area contributed by atoms with E-state index in [1.807, 2.05) is 0 Å². The number of amides is 6. The molecule has 0 aliphatic heterocycles. The maximum Gasteiger partial charge on any atom is 0.326 e. The summed E-state index contributed by atoms with van der Waals surface area (Å²) < 4.78 is 0. The number of rotatable bonds is 30. The Morgan fingerprint density at radius 3 is 1.51 bits per heavy atom. The average molecular weight is 838 g/mol. The van der Waals surface area contributed by atoms with Gasteiger partial charge in [-0.15, -0.1) is 0 Å². The summed E-state index contributed by atoms with van der Waals surface area (Å²) in [5.41, 5.74) is 17.4. The highest BCUT2D eigenvalue weighted by molar-refractivity contribution is 5.97.